The molecule has 0 aliphatic carbocycles. The monoisotopic (exact) mass is 292 g/mol. The van der Waals surface area contributed by atoms with Crippen LogP contribution < -0.4 is 5.56 Å². The number of benzene rings is 1. The summed E-state index contributed by atoms with van der Waals surface area (Å²) >= 11 is 2.89. The summed E-state index contributed by atoms with van der Waals surface area (Å²) in [6, 6.07) is 8.09. The summed E-state index contributed by atoms with van der Waals surface area (Å²) in [5.41, 5.74) is 0.623. The lowest BCUT2D eigenvalue weighted by atomic mass is 10.4. The minimum Gasteiger partial charge on any atom is -0.309 e. The lowest BCUT2D eigenvalue weighted by Gasteiger charge is -2.01. The van der Waals surface area contributed by atoms with Crippen LogP contribution in [0.1, 0.15) is 5.82 Å². The molecule has 96 valence electrons. The summed E-state index contributed by atoms with van der Waals surface area (Å²) in [4.78, 5) is 19.9. The number of hydrogen-bond donors (Lipinski definition) is 1. The van der Waals surface area contributed by atoms with E-state index in [-0.39, 0.29) is 11.4 Å². The molecule has 2 heterocycles. The zero-order chi connectivity index (χ0) is 13.2. The lowest BCUT2D eigenvalue weighted by molar-refractivity contribution is 0.626. The average molecular weight is 292 g/mol. The van der Waals surface area contributed by atoms with Crippen LogP contribution in [0, 0.1) is 5.82 Å². The number of thiophene rings is 1. The summed E-state index contributed by atoms with van der Waals surface area (Å²) in [7, 11) is 0. The fraction of sp³-hybridized carbons (Fsp3) is 0.0769. The highest BCUT2D eigenvalue weighted by Crippen LogP contribution is 2.22. The number of hydrogen-bond acceptors (Lipinski definition) is 4. The van der Waals surface area contributed by atoms with Gasteiger partial charge in [0.2, 0.25) is 0 Å². The van der Waals surface area contributed by atoms with E-state index < -0.39 is 0 Å². The summed E-state index contributed by atoms with van der Waals surface area (Å²) in [6.07, 6.45) is 0. The number of halogens is 1. The van der Waals surface area contributed by atoms with Crippen molar-refractivity contribution < 1.29 is 4.39 Å². The molecule has 0 unspecified atom stereocenters. The molecule has 0 aliphatic rings. The van der Waals surface area contributed by atoms with Gasteiger partial charge in [-0.2, -0.15) is 0 Å². The predicted molar refractivity (Wildman–Crippen MR) is 76.2 cm³/mol. The predicted octanol–water partition coefficient (Wildman–Crippen LogP) is 3.42. The van der Waals surface area contributed by atoms with Crippen molar-refractivity contribution in [3.8, 4) is 0 Å². The highest BCUT2D eigenvalue weighted by atomic mass is 32.2. The SMILES string of the molecule is O=c1[nH]c(CSc2ccc(F)cc2)nc2ccsc12. The molecule has 6 heteroatoms. The van der Waals surface area contributed by atoms with Crippen LogP contribution >= 0.6 is 23.1 Å². The first kappa shape index (κ1) is 12.4. The molecule has 0 amide bonds. The van der Waals surface area contributed by atoms with Crippen LogP contribution in [0.25, 0.3) is 10.2 Å². The Morgan fingerprint density at radius 2 is 2.05 bits per heavy atom. The second kappa shape index (κ2) is 5.14. The Bertz CT molecular complexity index is 764. The largest absolute Gasteiger partial charge is 0.309 e. The van der Waals surface area contributed by atoms with Gasteiger partial charge < -0.3 is 4.98 Å². The zero-order valence-electron chi connectivity index (χ0n) is 9.72. The molecule has 3 nitrogen and oxygen atoms in total. The molecule has 3 aromatic rings. The van der Waals surface area contributed by atoms with Gasteiger partial charge in [-0.05, 0) is 35.7 Å². The average Bonchev–Trinajstić information content (AvgIpc) is 2.87. The van der Waals surface area contributed by atoms with Crippen molar-refractivity contribution >= 4 is 33.3 Å². The Morgan fingerprint density at radius 3 is 2.84 bits per heavy atom. The Kier molecular flexibility index (Phi) is 3.35. The van der Waals surface area contributed by atoms with E-state index in [9.17, 15) is 9.18 Å². The number of nitrogens with one attached hydrogen (secondary N) is 1. The number of fused-ring (bicyclic) bond motifs is 1. The maximum Gasteiger partial charge on any atom is 0.268 e. The van der Waals surface area contributed by atoms with Crippen molar-refractivity contribution in [1.29, 1.82) is 0 Å². The van der Waals surface area contributed by atoms with E-state index in [1.165, 1.54) is 35.2 Å². The van der Waals surface area contributed by atoms with E-state index in [0.29, 0.717) is 16.3 Å². The topological polar surface area (TPSA) is 45.8 Å². The molecule has 1 N–H and O–H groups in total. The second-order valence-electron chi connectivity index (χ2n) is 3.89. The molecule has 0 atom stereocenters. The summed E-state index contributed by atoms with van der Waals surface area (Å²) < 4.78 is 13.4. The summed E-state index contributed by atoms with van der Waals surface area (Å²) in [5, 5.41) is 1.85. The van der Waals surface area contributed by atoms with Gasteiger partial charge in [0, 0.05) is 4.90 Å². The molecule has 0 fully saturated rings. The molecule has 19 heavy (non-hydrogen) atoms. The van der Waals surface area contributed by atoms with Crippen LogP contribution in [0.5, 0.6) is 0 Å². The molecule has 0 saturated heterocycles. The third kappa shape index (κ3) is 2.69. The van der Waals surface area contributed by atoms with Crippen LogP contribution in [0.3, 0.4) is 0 Å². The number of rotatable bonds is 3. The first-order valence-electron chi connectivity index (χ1n) is 5.57. The number of aromatic nitrogens is 2. The van der Waals surface area contributed by atoms with E-state index in [1.807, 2.05) is 11.4 Å². The van der Waals surface area contributed by atoms with Crippen LogP contribution in [0.15, 0.2) is 45.4 Å². The first-order chi connectivity index (χ1) is 9.22. The first-order valence-corrected chi connectivity index (χ1v) is 7.44. The Labute approximate surface area is 116 Å². The van der Waals surface area contributed by atoms with Gasteiger partial charge in [-0.15, -0.1) is 23.1 Å². The molecule has 0 spiro atoms. The molecular weight excluding hydrogens is 283 g/mol. The van der Waals surface area contributed by atoms with Crippen LogP contribution in [-0.4, -0.2) is 9.97 Å². The zero-order valence-corrected chi connectivity index (χ0v) is 11.4. The van der Waals surface area contributed by atoms with E-state index in [0.717, 1.165) is 10.4 Å². The number of thioether (sulfide) groups is 1. The molecule has 0 bridgehead atoms. The Balaban J connectivity index is 1.81. The van der Waals surface area contributed by atoms with Gasteiger partial charge >= 0.3 is 0 Å². The van der Waals surface area contributed by atoms with Crippen LogP contribution in [0.4, 0.5) is 4.39 Å². The van der Waals surface area contributed by atoms with Gasteiger partial charge in [0.05, 0.1) is 11.3 Å². The molecule has 0 radical (unpaired) electrons. The third-order valence-electron chi connectivity index (χ3n) is 2.55. The molecule has 3 rings (SSSR count). The number of H-pyrrole nitrogens is 1. The number of aromatic amines is 1. The highest BCUT2D eigenvalue weighted by molar-refractivity contribution is 7.98. The molecule has 0 saturated carbocycles. The van der Waals surface area contributed by atoms with Gasteiger partial charge in [0.15, 0.2) is 0 Å². The summed E-state index contributed by atoms with van der Waals surface area (Å²) in [5.74, 6) is 0.924. The molecule has 0 aliphatic heterocycles. The van der Waals surface area contributed by atoms with E-state index in [1.54, 1.807) is 12.1 Å². The second-order valence-corrected chi connectivity index (χ2v) is 5.86. The number of nitrogens with zero attached hydrogens (tertiary/aromatic N) is 1. The van der Waals surface area contributed by atoms with Crippen molar-refractivity contribution in [1.82, 2.24) is 9.97 Å². The smallest absolute Gasteiger partial charge is 0.268 e. The fourth-order valence-electron chi connectivity index (χ4n) is 1.67. The summed E-state index contributed by atoms with van der Waals surface area (Å²) in [6.45, 7) is 0. The Hall–Kier alpha value is -1.66. The third-order valence-corrected chi connectivity index (χ3v) is 4.48. The molecular formula is C13H9FN2OS2. The molecule has 2 aromatic heterocycles. The van der Waals surface area contributed by atoms with Gasteiger partial charge in [-0.3, -0.25) is 4.79 Å². The van der Waals surface area contributed by atoms with Crippen molar-refractivity contribution in [2.75, 3.05) is 0 Å². The van der Waals surface area contributed by atoms with Crippen LogP contribution in [0.2, 0.25) is 0 Å². The van der Waals surface area contributed by atoms with Gasteiger partial charge in [-0.1, -0.05) is 0 Å². The van der Waals surface area contributed by atoms with Crippen LogP contribution in [-0.2, 0) is 5.75 Å². The fourth-order valence-corrected chi connectivity index (χ4v) is 3.17. The van der Waals surface area contributed by atoms with Crippen molar-refractivity contribution in [2.24, 2.45) is 0 Å². The Morgan fingerprint density at radius 1 is 1.26 bits per heavy atom. The van der Waals surface area contributed by atoms with Crippen molar-refractivity contribution in [3.05, 3.63) is 57.7 Å². The minimum atomic E-state index is -0.254. The maximum atomic E-state index is 12.8. The quantitative estimate of drug-likeness (QED) is 0.752. The lowest BCUT2D eigenvalue weighted by Crippen LogP contribution is -2.09. The standard InChI is InChI=1S/C13H9FN2OS2/c14-8-1-3-9(4-2-8)19-7-11-15-10-5-6-18-12(10)13(17)16-11/h1-6H,7H2,(H,15,16,17). The molecule has 1 aromatic carbocycles. The van der Waals surface area contributed by atoms with E-state index in [4.69, 9.17) is 0 Å². The van der Waals surface area contributed by atoms with E-state index >= 15 is 0 Å². The van der Waals surface area contributed by atoms with Gasteiger partial charge in [-0.25, -0.2) is 9.37 Å². The highest BCUT2D eigenvalue weighted by Gasteiger charge is 2.05. The van der Waals surface area contributed by atoms with Crippen molar-refractivity contribution in [2.45, 2.75) is 10.6 Å². The normalized spacial score (nSPS) is 11.0. The van der Waals surface area contributed by atoms with E-state index in [2.05, 4.69) is 9.97 Å². The van der Waals surface area contributed by atoms with Crippen molar-refractivity contribution in [3.63, 3.8) is 0 Å². The maximum absolute atomic E-state index is 12.8. The van der Waals surface area contributed by atoms with Gasteiger partial charge in [0.25, 0.3) is 5.56 Å². The minimum absolute atomic E-state index is 0.102. The van der Waals surface area contributed by atoms with Gasteiger partial charge in [0.1, 0.15) is 16.3 Å².